The molecule has 0 saturated heterocycles. The van der Waals surface area contributed by atoms with E-state index in [-0.39, 0.29) is 0 Å². The molecule has 0 heterocycles. The molecule has 5 heteroatoms. The Morgan fingerprint density at radius 1 is 1.12 bits per heavy atom. The molecular formula is C12H20F4O. The van der Waals surface area contributed by atoms with Crippen LogP contribution >= 0.6 is 0 Å². The number of hydrogen-bond acceptors (Lipinski definition) is 1. The molecule has 0 radical (unpaired) electrons. The van der Waals surface area contributed by atoms with Crippen LogP contribution in [-0.2, 0) is 4.74 Å². The topological polar surface area (TPSA) is 9.23 Å². The molecule has 0 aromatic rings. The molecule has 0 bridgehead atoms. The van der Waals surface area contributed by atoms with Gasteiger partial charge < -0.3 is 4.74 Å². The van der Waals surface area contributed by atoms with E-state index in [1.165, 1.54) is 6.92 Å². The Balaban J connectivity index is -0.000000439. The third kappa shape index (κ3) is 17.4. The Morgan fingerprint density at radius 2 is 1.53 bits per heavy atom. The summed E-state index contributed by atoms with van der Waals surface area (Å²) in [6, 6.07) is 0. The van der Waals surface area contributed by atoms with E-state index in [9.17, 15) is 17.6 Å². The lowest BCUT2D eigenvalue weighted by Crippen LogP contribution is -2.11. The van der Waals surface area contributed by atoms with Crippen molar-refractivity contribution < 1.29 is 22.3 Å². The van der Waals surface area contributed by atoms with E-state index in [1.54, 1.807) is 0 Å². The van der Waals surface area contributed by atoms with Crippen molar-refractivity contribution in [2.75, 3.05) is 0 Å². The maximum atomic E-state index is 12.4. The molecule has 0 aromatic carbocycles. The van der Waals surface area contributed by atoms with Crippen LogP contribution in [0.1, 0.15) is 34.6 Å². The first kappa shape index (κ1) is 21.1. The van der Waals surface area contributed by atoms with Gasteiger partial charge in [-0.05, 0) is 13.0 Å². The number of alkyl halides is 3. The van der Waals surface area contributed by atoms with Crippen LogP contribution in [0.5, 0.6) is 0 Å². The number of rotatable bonds is 3. The Morgan fingerprint density at radius 3 is 1.76 bits per heavy atom. The van der Waals surface area contributed by atoms with E-state index in [0.29, 0.717) is 6.08 Å². The van der Waals surface area contributed by atoms with Crippen LogP contribution in [-0.4, -0.2) is 6.36 Å². The molecule has 0 aliphatic rings. The summed E-state index contributed by atoms with van der Waals surface area (Å²) in [6.07, 6.45) is -2.45. The molecule has 0 spiro atoms. The highest BCUT2D eigenvalue weighted by molar-refractivity contribution is 5.20. The van der Waals surface area contributed by atoms with Crippen molar-refractivity contribution in [2.45, 2.75) is 41.0 Å². The summed E-state index contributed by atoms with van der Waals surface area (Å²) in [6.45, 7) is 12.4. The number of allylic oxidation sites excluding steroid dienone is 4. The highest BCUT2D eigenvalue weighted by atomic mass is 19.4. The Bertz CT molecular complexity index is 239. The molecule has 17 heavy (non-hydrogen) atoms. The van der Waals surface area contributed by atoms with Crippen LogP contribution in [0.3, 0.4) is 0 Å². The largest absolute Gasteiger partial charge is 0.573 e. The van der Waals surface area contributed by atoms with Crippen molar-refractivity contribution in [1.82, 2.24) is 0 Å². The summed E-state index contributed by atoms with van der Waals surface area (Å²) in [5.41, 5.74) is 0. The molecule has 0 aliphatic carbocycles. The van der Waals surface area contributed by atoms with Gasteiger partial charge in [0.25, 0.3) is 0 Å². The van der Waals surface area contributed by atoms with Crippen LogP contribution in [0.4, 0.5) is 17.6 Å². The van der Waals surface area contributed by atoms with E-state index in [1.807, 2.05) is 27.7 Å². The maximum absolute atomic E-state index is 12.4. The molecule has 0 saturated carbocycles. The SMILES string of the molecule is C=C/C(=C\C(F)=C/C)OC(F)(F)F.CC.CC. The van der Waals surface area contributed by atoms with Gasteiger partial charge in [-0.3, -0.25) is 0 Å². The zero-order chi connectivity index (χ0) is 14.5. The fourth-order valence-corrected chi connectivity index (χ4v) is 0.483. The zero-order valence-electron chi connectivity index (χ0n) is 10.9. The Kier molecular flexibility index (Phi) is 15.9. The van der Waals surface area contributed by atoms with Crippen LogP contribution in [0.25, 0.3) is 0 Å². The average Bonchev–Trinajstić information content (AvgIpc) is 2.31. The number of halogens is 4. The summed E-state index contributed by atoms with van der Waals surface area (Å²) in [7, 11) is 0. The molecular weight excluding hydrogens is 236 g/mol. The van der Waals surface area contributed by atoms with Crippen LogP contribution in [0, 0.1) is 0 Å². The molecule has 0 aromatic heterocycles. The van der Waals surface area contributed by atoms with Gasteiger partial charge in [-0.25, -0.2) is 4.39 Å². The summed E-state index contributed by atoms with van der Waals surface area (Å²) in [4.78, 5) is 0. The molecule has 0 unspecified atom stereocenters. The normalized spacial score (nSPS) is 11.6. The lowest BCUT2D eigenvalue weighted by molar-refractivity contribution is -0.303. The van der Waals surface area contributed by atoms with Crippen molar-refractivity contribution in [3.05, 3.63) is 36.4 Å². The molecule has 102 valence electrons. The van der Waals surface area contributed by atoms with Gasteiger partial charge in [0.15, 0.2) is 0 Å². The zero-order valence-corrected chi connectivity index (χ0v) is 10.9. The van der Waals surface area contributed by atoms with Crippen LogP contribution in [0.2, 0.25) is 0 Å². The fourth-order valence-electron chi connectivity index (χ4n) is 0.483. The quantitative estimate of drug-likeness (QED) is 0.367. The van der Waals surface area contributed by atoms with Gasteiger partial charge in [0.05, 0.1) is 0 Å². The van der Waals surface area contributed by atoms with Crippen molar-refractivity contribution in [3.8, 4) is 0 Å². The predicted molar refractivity (Wildman–Crippen MR) is 63.0 cm³/mol. The molecule has 0 aliphatic heterocycles. The molecule has 0 fully saturated rings. The first-order chi connectivity index (χ1) is 7.89. The van der Waals surface area contributed by atoms with Crippen molar-refractivity contribution in [3.63, 3.8) is 0 Å². The third-order valence-electron chi connectivity index (χ3n) is 0.991. The van der Waals surface area contributed by atoms with Gasteiger partial charge in [0, 0.05) is 6.08 Å². The first-order valence-corrected chi connectivity index (χ1v) is 5.30. The van der Waals surface area contributed by atoms with Crippen molar-refractivity contribution in [1.29, 1.82) is 0 Å². The van der Waals surface area contributed by atoms with Crippen LogP contribution < -0.4 is 0 Å². The monoisotopic (exact) mass is 256 g/mol. The minimum atomic E-state index is -4.83. The Hall–Kier alpha value is -1.26. The molecule has 0 N–H and O–H groups in total. The molecule has 0 rings (SSSR count). The van der Waals surface area contributed by atoms with Gasteiger partial charge in [-0.2, -0.15) is 0 Å². The second-order valence-electron chi connectivity index (χ2n) is 1.97. The predicted octanol–water partition coefficient (Wildman–Crippen LogP) is 5.52. The number of ether oxygens (including phenoxy) is 1. The van der Waals surface area contributed by atoms with E-state index >= 15 is 0 Å². The highest BCUT2D eigenvalue weighted by Crippen LogP contribution is 2.22. The summed E-state index contributed by atoms with van der Waals surface area (Å²) < 4.78 is 50.6. The lowest BCUT2D eigenvalue weighted by atomic mass is 10.4. The van der Waals surface area contributed by atoms with E-state index in [0.717, 1.165) is 12.2 Å². The minimum absolute atomic E-state index is 0.598. The van der Waals surface area contributed by atoms with Gasteiger partial charge in [-0.1, -0.05) is 40.3 Å². The summed E-state index contributed by atoms with van der Waals surface area (Å²) in [5, 5.41) is 0. The summed E-state index contributed by atoms with van der Waals surface area (Å²) >= 11 is 0. The summed E-state index contributed by atoms with van der Waals surface area (Å²) in [5.74, 6) is -1.50. The maximum Gasteiger partial charge on any atom is 0.573 e. The van der Waals surface area contributed by atoms with E-state index in [4.69, 9.17) is 0 Å². The van der Waals surface area contributed by atoms with Crippen molar-refractivity contribution >= 4 is 0 Å². The molecule has 0 amide bonds. The third-order valence-corrected chi connectivity index (χ3v) is 0.991. The second kappa shape index (κ2) is 12.8. The smallest absolute Gasteiger partial charge is 0.406 e. The second-order valence-corrected chi connectivity index (χ2v) is 1.97. The molecule has 0 atom stereocenters. The number of hydrogen-bond donors (Lipinski definition) is 0. The molecule has 1 nitrogen and oxygen atoms in total. The van der Waals surface area contributed by atoms with Gasteiger partial charge in [0.1, 0.15) is 11.6 Å². The van der Waals surface area contributed by atoms with Gasteiger partial charge in [0.2, 0.25) is 0 Å². The fraction of sp³-hybridized carbons (Fsp3) is 0.500. The standard InChI is InChI=1S/C8H8F4O.2C2H6/c1-3-6(9)5-7(4-2)13-8(10,11)12;2*1-2/h3-5H,2H2,1H3;2*1-2H3/b6-3+,7-5+;;. The average molecular weight is 256 g/mol. The van der Waals surface area contributed by atoms with Gasteiger partial charge in [-0.15, -0.1) is 13.2 Å². The Labute approximate surface area is 100 Å². The lowest BCUT2D eigenvalue weighted by Gasteiger charge is -2.08. The van der Waals surface area contributed by atoms with E-state index in [2.05, 4.69) is 11.3 Å². The van der Waals surface area contributed by atoms with Gasteiger partial charge >= 0.3 is 6.36 Å². The van der Waals surface area contributed by atoms with E-state index < -0.39 is 17.9 Å². The highest BCUT2D eigenvalue weighted by Gasteiger charge is 2.31. The van der Waals surface area contributed by atoms with Crippen LogP contribution in [0.15, 0.2) is 36.4 Å². The first-order valence-electron chi connectivity index (χ1n) is 5.30. The minimum Gasteiger partial charge on any atom is -0.406 e. The van der Waals surface area contributed by atoms with Crippen molar-refractivity contribution in [2.24, 2.45) is 0 Å².